The molecule has 1 aromatic heterocycles. The second-order valence-corrected chi connectivity index (χ2v) is 8.66. The molecule has 3 N–H and O–H groups in total. The highest BCUT2D eigenvalue weighted by molar-refractivity contribution is 7.17. The van der Waals surface area contributed by atoms with Crippen molar-refractivity contribution in [2.75, 3.05) is 11.9 Å². The van der Waals surface area contributed by atoms with Crippen molar-refractivity contribution < 1.29 is 24.2 Å². The number of anilines is 1. The molecule has 0 spiro atoms. The number of amides is 2. The second-order valence-electron chi connectivity index (χ2n) is 7.63. The highest BCUT2D eigenvalue weighted by atomic mass is 32.1. The molecule has 1 heterocycles. The predicted octanol–water partition coefficient (Wildman–Crippen LogP) is 4.49. The zero-order valence-electron chi connectivity index (χ0n) is 17.9. The standard InChI is InChI=1S/C24H23N3O5S/c1-2-7-19(22(29)30)26-21(28)20-12-25-23(33-20)27-24(31)32-13-18-16-10-5-3-8-14(16)15-9-4-6-11-17(15)18/h3-6,8-12,18-19H,2,7,13H2,1H3,(H,26,28)(H,29,30)(H,25,27,31)/t19-/m1/s1. The minimum Gasteiger partial charge on any atom is -0.480 e. The lowest BCUT2D eigenvalue weighted by molar-refractivity contribution is -0.139. The van der Waals surface area contributed by atoms with E-state index < -0.39 is 24.0 Å². The van der Waals surface area contributed by atoms with Crippen LogP contribution in [0.3, 0.4) is 0 Å². The molecule has 1 atom stereocenters. The van der Waals surface area contributed by atoms with E-state index >= 15 is 0 Å². The van der Waals surface area contributed by atoms with Gasteiger partial charge >= 0.3 is 12.1 Å². The van der Waals surface area contributed by atoms with Crippen molar-refractivity contribution >= 4 is 34.4 Å². The lowest BCUT2D eigenvalue weighted by atomic mass is 9.98. The van der Waals surface area contributed by atoms with Crippen LogP contribution in [-0.2, 0) is 9.53 Å². The van der Waals surface area contributed by atoms with Crippen molar-refractivity contribution in [2.45, 2.75) is 31.7 Å². The number of hydrogen-bond acceptors (Lipinski definition) is 6. The zero-order valence-corrected chi connectivity index (χ0v) is 18.7. The number of hydrogen-bond donors (Lipinski definition) is 3. The maximum atomic E-state index is 12.4. The largest absolute Gasteiger partial charge is 0.480 e. The van der Waals surface area contributed by atoms with E-state index in [0.717, 1.165) is 33.6 Å². The molecule has 0 saturated carbocycles. The second kappa shape index (κ2) is 9.83. The van der Waals surface area contributed by atoms with Gasteiger partial charge < -0.3 is 15.2 Å². The number of rotatable bonds is 8. The van der Waals surface area contributed by atoms with E-state index in [1.54, 1.807) is 0 Å². The Hall–Kier alpha value is -3.72. The Morgan fingerprint density at radius 3 is 2.33 bits per heavy atom. The molecule has 4 rings (SSSR count). The molecule has 0 unspecified atom stereocenters. The van der Waals surface area contributed by atoms with Crippen molar-refractivity contribution in [3.8, 4) is 11.1 Å². The molecule has 0 saturated heterocycles. The topological polar surface area (TPSA) is 118 Å². The third-order valence-electron chi connectivity index (χ3n) is 5.46. The Morgan fingerprint density at radius 2 is 1.73 bits per heavy atom. The molecule has 0 aliphatic heterocycles. The van der Waals surface area contributed by atoms with Crippen LogP contribution in [-0.4, -0.2) is 40.7 Å². The summed E-state index contributed by atoms with van der Waals surface area (Å²) in [6, 6.07) is 15.1. The van der Waals surface area contributed by atoms with Gasteiger partial charge in [-0.2, -0.15) is 0 Å². The summed E-state index contributed by atoms with van der Waals surface area (Å²) >= 11 is 0.948. The summed E-state index contributed by atoms with van der Waals surface area (Å²) in [4.78, 5) is 40.2. The van der Waals surface area contributed by atoms with Gasteiger partial charge in [-0.3, -0.25) is 10.1 Å². The monoisotopic (exact) mass is 465 g/mol. The molecule has 8 nitrogen and oxygen atoms in total. The first kappa shape index (κ1) is 22.5. The van der Waals surface area contributed by atoms with Crippen LogP contribution in [0.4, 0.5) is 9.93 Å². The average Bonchev–Trinajstić information content (AvgIpc) is 3.40. The van der Waals surface area contributed by atoms with Crippen molar-refractivity contribution in [3.63, 3.8) is 0 Å². The summed E-state index contributed by atoms with van der Waals surface area (Å²) in [7, 11) is 0. The van der Waals surface area contributed by atoms with E-state index in [9.17, 15) is 19.5 Å². The van der Waals surface area contributed by atoms with Gasteiger partial charge in [-0.05, 0) is 28.7 Å². The van der Waals surface area contributed by atoms with Crippen LogP contribution in [0.25, 0.3) is 11.1 Å². The van der Waals surface area contributed by atoms with Gasteiger partial charge in [-0.25, -0.2) is 14.6 Å². The number of thiazole rings is 1. The van der Waals surface area contributed by atoms with Gasteiger partial charge in [0.05, 0.1) is 6.20 Å². The number of carbonyl (C=O) groups is 3. The van der Waals surface area contributed by atoms with E-state index in [2.05, 4.69) is 27.8 Å². The zero-order chi connectivity index (χ0) is 23.4. The number of ether oxygens (including phenoxy) is 1. The first-order valence-corrected chi connectivity index (χ1v) is 11.4. The summed E-state index contributed by atoms with van der Waals surface area (Å²) < 4.78 is 5.48. The Labute approximate surface area is 194 Å². The van der Waals surface area contributed by atoms with Crippen LogP contribution in [0.5, 0.6) is 0 Å². The molecule has 33 heavy (non-hydrogen) atoms. The van der Waals surface area contributed by atoms with Gasteiger partial charge in [0.1, 0.15) is 17.5 Å². The molecule has 0 bridgehead atoms. The number of nitrogens with one attached hydrogen (secondary N) is 2. The fraction of sp³-hybridized carbons (Fsp3) is 0.250. The van der Waals surface area contributed by atoms with Gasteiger partial charge in [0, 0.05) is 5.92 Å². The lowest BCUT2D eigenvalue weighted by Gasteiger charge is -2.14. The summed E-state index contributed by atoms with van der Waals surface area (Å²) in [5, 5.41) is 14.4. The van der Waals surface area contributed by atoms with Gasteiger partial charge in [0.15, 0.2) is 5.13 Å². The molecule has 0 fully saturated rings. The first-order chi connectivity index (χ1) is 16.0. The van der Waals surface area contributed by atoms with Crippen molar-refractivity contribution in [2.24, 2.45) is 0 Å². The number of aliphatic carboxylic acids is 1. The first-order valence-electron chi connectivity index (χ1n) is 10.6. The molecule has 2 amide bonds. The molecule has 2 aromatic carbocycles. The van der Waals surface area contributed by atoms with Gasteiger partial charge in [-0.1, -0.05) is 73.2 Å². The summed E-state index contributed by atoms with van der Waals surface area (Å²) in [6.07, 6.45) is 1.57. The van der Waals surface area contributed by atoms with Crippen molar-refractivity contribution in [1.29, 1.82) is 0 Å². The van der Waals surface area contributed by atoms with Gasteiger partial charge in [0.25, 0.3) is 5.91 Å². The van der Waals surface area contributed by atoms with Crippen LogP contribution in [0.2, 0.25) is 0 Å². The van der Waals surface area contributed by atoms with Crippen molar-refractivity contribution in [1.82, 2.24) is 10.3 Å². The van der Waals surface area contributed by atoms with E-state index in [1.807, 2.05) is 43.3 Å². The third-order valence-corrected chi connectivity index (χ3v) is 6.37. The fourth-order valence-electron chi connectivity index (χ4n) is 3.93. The molecule has 9 heteroatoms. The van der Waals surface area contributed by atoms with E-state index in [0.29, 0.717) is 12.8 Å². The number of carbonyl (C=O) groups excluding carboxylic acids is 2. The highest BCUT2D eigenvalue weighted by Crippen LogP contribution is 2.44. The van der Waals surface area contributed by atoms with Crippen LogP contribution >= 0.6 is 11.3 Å². The molecule has 170 valence electrons. The average molecular weight is 466 g/mol. The Bertz CT molecular complexity index is 1150. The SMILES string of the molecule is CCC[C@@H](NC(=O)c1cnc(NC(=O)OCC2c3ccccc3-c3ccccc32)s1)C(=O)O. The molecule has 0 radical (unpaired) electrons. The Morgan fingerprint density at radius 1 is 1.09 bits per heavy atom. The number of aromatic nitrogens is 1. The van der Waals surface area contributed by atoms with Gasteiger partial charge in [-0.15, -0.1) is 0 Å². The Kier molecular flexibility index (Phi) is 6.69. The molecule has 1 aliphatic rings. The van der Waals surface area contributed by atoms with E-state index in [1.165, 1.54) is 6.20 Å². The number of fused-ring (bicyclic) bond motifs is 3. The number of nitrogens with zero attached hydrogens (tertiary/aromatic N) is 1. The fourth-order valence-corrected chi connectivity index (χ4v) is 4.64. The smallest absolute Gasteiger partial charge is 0.413 e. The molecular formula is C24H23N3O5S. The van der Waals surface area contributed by atoms with E-state index in [-0.39, 0.29) is 22.5 Å². The normalized spacial score (nSPS) is 13.0. The summed E-state index contributed by atoms with van der Waals surface area (Å²) in [6.45, 7) is 2.00. The molecular weight excluding hydrogens is 442 g/mol. The highest BCUT2D eigenvalue weighted by Gasteiger charge is 2.29. The Balaban J connectivity index is 1.36. The van der Waals surface area contributed by atoms with Crippen LogP contribution in [0.1, 0.15) is 46.5 Å². The third kappa shape index (κ3) is 4.88. The van der Waals surface area contributed by atoms with Crippen LogP contribution in [0, 0.1) is 0 Å². The predicted molar refractivity (Wildman–Crippen MR) is 125 cm³/mol. The number of carboxylic acid groups (broad SMARTS) is 1. The number of carboxylic acids is 1. The minimum absolute atomic E-state index is 0.0627. The van der Waals surface area contributed by atoms with Crippen LogP contribution < -0.4 is 10.6 Å². The van der Waals surface area contributed by atoms with Crippen molar-refractivity contribution in [3.05, 3.63) is 70.7 Å². The minimum atomic E-state index is -1.09. The number of benzene rings is 2. The summed E-state index contributed by atoms with van der Waals surface area (Å²) in [5.41, 5.74) is 4.50. The van der Waals surface area contributed by atoms with E-state index in [4.69, 9.17) is 4.74 Å². The quantitative estimate of drug-likeness (QED) is 0.451. The maximum absolute atomic E-state index is 12.4. The lowest BCUT2D eigenvalue weighted by Crippen LogP contribution is -2.40. The molecule has 1 aliphatic carbocycles. The maximum Gasteiger partial charge on any atom is 0.413 e. The van der Waals surface area contributed by atoms with Crippen LogP contribution in [0.15, 0.2) is 54.7 Å². The molecule has 3 aromatic rings. The summed E-state index contributed by atoms with van der Waals surface area (Å²) in [5.74, 6) is -1.70. The van der Waals surface area contributed by atoms with Gasteiger partial charge in [0.2, 0.25) is 0 Å².